The van der Waals surface area contributed by atoms with Crippen molar-refractivity contribution in [2.45, 2.75) is 50.3 Å². The molecule has 0 spiro atoms. The normalized spacial score (nSPS) is 16.9. The van der Waals surface area contributed by atoms with Gasteiger partial charge < -0.3 is 5.11 Å². The van der Waals surface area contributed by atoms with Crippen molar-refractivity contribution in [1.82, 2.24) is 0 Å². The van der Waals surface area contributed by atoms with Crippen molar-refractivity contribution in [3.05, 3.63) is 28.8 Å². The maximum Gasteiger partial charge on any atom is 0.336 e. The molecule has 19 heavy (non-hydrogen) atoms. The Morgan fingerprint density at radius 2 is 2.05 bits per heavy atom. The molecule has 104 valence electrons. The molecule has 0 heterocycles. The molecule has 1 aromatic carbocycles. The summed E-state index contributed by atoms with van der Waals surface area (Å²) in [6.07, 6.45) is 4.08. The minimum atomic E-state index is -1.09. The van der Waals surface area contributed by atoms with Crippen LogP contribution >= 0.6 is 0 Å². The van der Waals surface area contributed by atoms with Crippen LogP contribution in [0.5, 0.6) is 0 Å². The van der Waals surface area contributed by atoms with Crippen LogP contribution in [0.4, 0.5) is 0 Å². The average molecular weight is 280 g/mol. The van der Waals surface area contributed by atoms with E-state index in [0.717, 1.165) is 28.9 Å². The lowest BCUT2D eigenvalue weighted by molar-refractivity contribution is 0.0695. The lowest BCUT2D eigenvalue weighted by Gasteiger charge is -2.29. The summed E-state index contributed by atoms with van der Waals surface area (Å²) in [4.78, 5) is 12.1. The third-order valence-electron chi connectivity index (χ3n) is 3.91. The summed E-state index contributed by atoms with van der Waals surface area (Å²) >= 11 is 0. The van der Waals surface area contributed by atoms with Gasteiger partial charge in [0.05, 0.1) is 16.4 Å². The number of rotatable bonds is 5. The lowest BCUT2D eigenvalue weighted by atomic mass is 9.79. The standard InChI is InChI=1S/C15H20O3S/c1-3-11-13(15(16)17)9-8-12(10-6-5-7-10)14(11)19(18)4-2/h8-10H,3-7H2,1-2H3,(H,16,17)/t19-/m0/s1. The highest BCUT2D eigenvalue weighted by atomic mass is 32.2. The first-order chi connectivity index (χ1) is 9.10. The summed E-state index contributed by atoms with van der Waals surface area (Å²) in [7, 11) is -1.09. The molecule has 0 unspecified atom stereocenters. The largest absolute Gasteiger partial charge is 0.478 e. The van der Waals surface area contributed by atoms with E-state index in [0.29, 0.717) is 23.7 Å². The van der Waals surface area contributed by atoms with Crippen molar-refractivity contribution in [3.8, 4) is 0 Å². The maximum atomic E-state index is 12.4. The van der Waals surface area contributed by atoms with E-state index in [1.165, 1.54) is 6.42 Å². The van der Waals surface area contributed by atoms with Gasteiger partial charge in [-0.25, -0.2) is 4.79 Å². The second-order valence-electron chi connectivity index (χ2n) is 4.93. The van der Waals surface area contributed by atoms with Gasteiger partial charge in [0.1, 0.15) is 0 Å². The quantitative estimate of drug-likeness (QED) is 0.900. The highest BCUT2D eigenvalue weighted by Gasteiger charge is 2.27. The number of hydrogen-bond donors (Lipinski definition) is 1. The van der Waals surface area contributed by atoms with E-state index in [9.17, 15) is 14.1 Å². The molecule has 4 heteroatoms. The number of benzene rings is 1. The maximum absolute atomic E-state index is 12.4. The van der Waals surface area contributed by atoms with E-state index < -0.39 is 16.8 Å². The van der Waals surface area contributed by atoms with E-state index in [4.69, 9.17) is 0 Å². The highest BCUT2D eigenvalue weighted by Crippen LogP contribution is 2.40. The van der Waals surface area contributed by atoms with Gasteiger partial charge in [-0.2, -0.15) is 0 Å². The monoisotopic (exact) mass is 280 g/mol. The molecular weight excluding hydrogens is 260 g/mol. The van der Waals surface area contributed by atoms with Gasteiger partial charge in [-0.3, -0.25) is 4.21 Å². The van der Waals surface area contributed by atoms with Gasteiger partial charge in [-0.15, -0.1) is 0 Å². The molecule has 0 radical (unpaired) electrons. The molecule has 1 aromatic rings. The molecule has 0 aromatic heterocycles. The Morgan fingerprint density at radius 3 is 2.47 bits per heavy atom. The van der Waals surface area contributed by atoms with E-state index in [2.05, 4.69) is 0 Å². The fourth-order valence-electron chi connectivity index (χ4n) is 2.65. The summed E-state index contributed by atoms with van der Waals surface area (Å²) < 4.78 is 12.4. The zero-order valence-electron chi connectivity index (χ0n) is 11.4. The molecule has 1 aliphatic carbocycles. The van der Waals surface area contributed by atoms with Gasteiger partial charge in [0.25, 0.3) is 0 Å². The lowest BCUT2D eigenvalue weighted by Crippen LogP contribution is -2.16. The van der Waals surface area contributed by atoms with Crippen molar-refractivity contribution in [1.29, 1.82) is 0 Å². The van der Waals surface area contributed by atoms with Gasteiger partial charge in [0, 0.05) is 10.6 Å². The number of aromatic carboxylic acids is 1. The summed E-state index contributed by atoms with van der Waals surface area (Å²) in [5.74, 6) is 0.0838. The van der Waals surface area contributed by atoms with Crippen LogP contribution in [0.3, 0.4) is 0 Å². The van der Waals surface area contributed by atoms with Gasteiger partial charge in [0.2, 0.25) is 0 Å². The molecule has 1 aliphatic rings. The summed E-state index contributed by atoms with van der Waals surface area (Å²) in [5.41, 5.74) is 2.19. The summed E-state index contributed by atoms with van der Waals surface area (Å²) in [5, 5.41) is 9.28. The Balaban J connectivity index is 2.62. The molecular formula is C15H20O3S. The Labute approximate surface area is 116 Å². The van der Waals surface area contributed by atoms with Crippen molar-refractivity contribution in [2.24, 2.45) is 0 Å². The fourth-order valence-corrected chi connectivity index (χ4v) is 3.97. The van der Waals surface area contributed by atoms with Gasteiger partial charge >= 0.3 is 5.97 Å². The third kappa shape index (κ3) is 2.59. The van der Waals surface area contributed by atoms with Gasteiger partial charge in [0.15, 0.2) is 0 Å². The first-order valence-corrected chi connectivity index (χ1v) is 8.19. The molecule has 3 nitrogen and oxygen atoms in total. The summed E-state index contributed by atoms with van der Waals surface area (Å²) in [6, 6.07) is 3.57. The second kappa shape index (κ2) is 5.87. The van der Waals surface area contributed by atoms with Crippen molar-refractivity contribution >= 4 is 16.8 Å². The SMILES string of the molecule is CCc1c(C(=O)O)ccc(C2CCC2)c1[S@@](=O)CC. The van der Waals surface area contributed by atoms with Crippen molar-refractivity contribution < 1.29 is 14.1 Å². The predicted octanol–water partition coefficient (Wildman–Crippen LogP) is 3.34. The molecule has 0 bridgehead atoms. The topological polar surface area (TPSA) is 54.4 Å². The molecule has 0 amide bonds. The van der Waals surface area contributed by atoms with E-state index in [1.54, 1.807) is 6.07 Å². The average Bonchev–Trinajstić information content (AvgIpc) is 2.34. The van der Waals surface area contributed by atoms with Crippen molar-refractivity contribution in [3.63, 3.8) is 0 Å². The number of carboxylic acids is 1. The predicted molar refractivity (Wildman–Crippen MR) is 76.3 cm³/mol. The molecule has 1 saturated carbocycles. The number of hydrogen-bond acceptors (Lipinski definition) is 2. The minimum Gasteiger partial charge on any atom is -0.478 e. The first kappa shape index (κ1) is 14.3. The van der Waals surface area contributed by atoms with E-state index in [-0.39, 0.29) is 0 Å². The molecule has 2 rings (SSSR count). The van der Waals surface area contributed by atoms with Crippen LogP contribution in [-0.4, -0.2) is 21.0 Å². The van der Waals surface area contributed by atoms with Crippen LogP contribution in [0.15, 0.2) is 17.0 Å². The van der Waals surface area contributed by atoms with Crippen molar-refractivity contribution in [2.75, 3.05) is 5.75 Å². The van der Waals surface area contributed by atoms with Crippen LogP contribution in [0.25, 0.3) is 0 Å². The number of carbonyl (C=O) groups is 1. The molecule has 1 fully saturated rings. The van der Waals surface area contributed by atoms with Gasteiger partial charge in [-0.1, -0.05) is 26.3 Å². The van der Waals surface area contributed by atoms with E-state index in [1.807, 2.05) is 19.9 Å². The zero-order chi connectivity index (χ0) is 14.0. The van der Waals surface area contributed by atoms with Crippen LogP contribution < -0.4 is 0 Å². The number of carboxylic acid groups (broad SMARTS) is 1. The molecule has 0 aliphatic heterocycles. The first-order valence-electron chi connectivity index (χ1n) is 6.87. The van der Waals surface area contributed by atoms with Crippen LogP contribution in [0.1, 0.15) is 60.5 Å². The fraction of sp³-hybridized carbons (Fsp3) is 0.533. The van der Waals surface area contributed by atoms with Gasteiger partial charge in [-0.05, 0) is 42.4 Å². The summed E-state index contributed by atoms with van der Waals surface area (Å²) in [6.45, 7) is 3.82. The molecule has 1 N–H and O–H groups in total. The van der Waals surface area contributed by atoms with Crippen LogP contribution in [0, 0.1) is 0 Å². The second-order valence-corrected chi connectivity index (χ2v) is 6.61. The highest BCUT2D eigenvalue weighted by molar-refractivity contribution is 7.85. The van der Waals surface area contributed by atoms with E-state index >= 15 is 0 Å². The van der Waals surface area contributed by atoms with Crippen LogP contribution in [-0.2, 0) is 17.2 Å². The van der Waals surface area contributed by atoms with Crippen LogP contribution in [0.2, 0.25) is 0 Å². The third-order valence-corrected chi connectivity index (χ3v) is 5.37. The Bertz CT molecular complexity index is 518. The Kier molecular flexibility index (Phi) is 4.40. The molecule has 1 atom stereocenters. The molecule has 0 saturated heterocycles. The smallest absolute Gasteiger partial charge is 0.336 e. The Hall–Kier alpha value is -1.16. The minimum absolute atomic E-state index is 0.308. The zero-order valence-corrected chi connectivity index (χ0v) is 12.3. The Morgan fingerprint density at radius 1 is 1.37 bits per heavy atom.